The second-order valence-electron chi connectivity index (χ2n) is 25.3. The van der Waals surface area contributed by atoms with Crippen molar-refractivity contribution in [3.05, 3.63) is 215 Å². The number of aromatic nitrogens is 2. The van der Waals surface area contributed by atoms with E-state index >= 15 is 0 Å². The molecule has 7 aliphatic rings. The standard InChI is InChI=1S/C76H64Br4N4O16.Zn/c1-93-69(85)49-25-41-42(26-50(49)70(86)94-2)62-58(34-11-19-38(78)20-12-34)64-45-29-53(73(89)97-5)54(74(90)98-6)30-46(45)66(83-64)60(36-15-23-40(80)24-16-36)68-48-32-56(76(92)100-8)55(75(91)99-7)31-47(48)67(84-68)59(35-13-21-39(79)22-14-35)65-44-28-52(72(88)96-4)51(71(87)95-3)27-43(44)63(82-65)57(61(41)81-62)33-9-17-37(77)18-10-33;/h9-24,49-56H,25-32H2,1-8H3;/q-2;+2. The summed E-state index contributed by atoms with van der Waals surface area (Å²) in [4.78, 5) is 140. The fourth-order valence-electron chi connectivity index (χ4n) is 15.6. The van der Waals surface area contributed by atoms with Gasteiger partial charge in [-0.2, -0.15) is 0 Å². The number of methoxy groups -OCH3 is 8. The summed E-state index contributed by atoms with van der Waals surface area (Å²) in [5.41, 5.74) is 10.3. The molecular weight excluding hydrogens is 1610 g/mol. The fraction of sp³-hybridized carbons (Fsp3) is 0.316. The van der Waals surface area contributed by atoms with Gasteiger partial charge in [-0.15, -0.1) is 22.1 Å². The molecule has 0 saturated carbocycles. The van der Waals surface area contributed by atoms with Gasteiger partial charge < -0.3 is 47.9 Å². The zero-order chi connectivity index (χ0) is 70.9. The second-order valence-corrected chi connectivity index (χ2v) is 28.9. The van der Waals surface area contributed by atoms with Gasteiger partial charge in [0.15, 0.2) is 0 Å². The normalized spacial score (nSPS) is 21.9. The molecule has 6 aromatic rings. The van der Waals surface area contributed by atoms with Gasteiger partial charge in [-0.1, -0.05) is 135 Å². The first-order chi connectivity index (χ1) is 48.2. The van der Waals surface area contributed by atoms with Gasteiger partial charge in [-0.25, -0.2) is 9.98 Å². The smallest absolute Gasteiger partial charge is 0.656 e. The van der Waals surface area contributed by atoms with Crippen LogP contribution in [-0.4, -0.2) is 116 Å². The summed E-state index contributed by atoms with van der Waals surface area (Å²) in [6.07, 6.45) is -0.972. The predicted molar refractivity (Wildman–Crippen MR) is 379 cm³/mol. The maximum Gasteiger partial charge on any atom is 2.00 e. The Morgan fingerprint density at radius 3 is 0.772 bits per heavy atom. The SMILES string of the molecule is COC(=O)C1CC2=C(CC1C(=O)OC)C1=C(c3ccc(Br)cc3)c3[n-]c(c4c3CC(C(=O)OC)C(C(=O)OC)C4)C(c3ccc(Br)cc3)=C3N=C(C4=C3CC(C(=O)OC)C(C(=O)OC)C4)C(c3ccc(Br)cc3)=c3[n-]c(c4c3CC(C(=O)OC)C(C(=O)OC)C4)=C(c3ccc(Br)cc3)C2=N1.[Zn+2]. The zero-order valence-corrected chi connectivity index (χ0v) is 65.4. The van der Waals surface area contributed by atoms with E-state index in [1.807, 2.05) is 97.1 Å². The van der Waals surface area contributed by atoms with Gasteiger partial charge in [0.2, 0.25) is 0 Å². The van der Waals surface area contributed by atoms with Crippen molar-refractivity contribution in [1.82, 2.24) is 9.97 Å². The Balaban J connectivity index is 0.00000965. The molecule has 2 aromatic heterocycles. The molecule has 0 N–H and O–H groups in total. The number of hydrogen-bond acceptors (Lipinski definition) is 18. The summed E-state index contributed by atoms with van der Waals surface area (Å²) in [7, 11) is 10.1. The van der Waals surface area contributed by atoms with E-state index < -0.39 is 95.1 Å². The zero-order valence-electron chi connectivity index (χ0n) is 56.1. The summed E-state index contributed by atoms with van der Waals surface area (Å²) in [6, 6.07) is 30.1. The topological polar surface area (TPSA) is 263 Å². The molecule has 2 aliphatic heterocycles. The largest absolute Gasteiger partial charge is 2.00 e. The van der Waals surface area contributed by atoms with Crippen LogP contribution < -0.4 is 20.7 Å². The molecular formula is C76H64Br4N4O16Zn. The van der Waals surface area contributed by atoms with Crippen LogP contribution in [0.25, 0.3) is 22.3 Å². The van der Waals surface area contributed by atoms with Crippen molar-refractivity contribution in [3.8, 4) is 0 Å². The van der Waals surface area contributed by atoms with Crippen molar-refractivity contribution in [2.24, 2.45) is 57.3 Å². The molecule has 20 nitrogen and oxygen atoms in total. The van der Waals surface area contributed by atoms with Crippen LogP contribution in [-0.2, 0) is 121 Å². The number of benzene rings is 4. The van der Waals surface area contributed by atoms with Crippen LogP contribution in [0.3, 0.4) is 0 Å². The minimum absolute atomic E-state index is 0. The number of allylic oxidation sites excluding steroid dienone is 4. The molecule has 0 radical (unpaired) electrons. The molecule has 514 valence electrons. The van der Waals surface area contributed by atoms with Gasteiger partial charge in [-0.05, 0) is 167 Å². The first-order valence-corrected chi connectivity index (χ1v) is 35.3. The van der Waals surface area contributed by atoms with Crippen molar-refractivity contribution in [2.75, 3.05) is 56.9 Å². The first kappa shape index (κ1) is 72.6. The van der Waals surface area contributed by atoms with Crippen molar-refractivity contribution < 1.29 is 95.7 Å². The van der Waals surface area contributed by atoms with Gasteiger partial charge >= 0.3 is 67.2 Å². The Hall–Kier alpha value is -8.22. The molecule has 4 aromatic carbocycles. The third-order valence-electron chi connectivity index (χ3n) is 20.4. The summed E-state index contributed by atoms with van der Waals surface area (Å²) < 4.78 is 47.3. The molecule has 13 rings (SSSR count). The number of rotatable bonds is 12. The van der Waals surface area contributed by atoms with Crippen LogP contribution in [0.2, 0.25) is 0 Å². The van der Waals surface area contributed by atoms with Crippen LogP contribution in [0.5, 0.6) is 0 Å². The van der Waals surface area contributed by atoms with E-state index in [1.54, 1.807) is 0 Å². The van der Waals surface area contributed by atoms with Gasteiger partial charge in [-0.3, -0.25) is 38.4 Å². The average Bonchev–Trinajstić information content (AvgIpc) is 1.55. The summed E-state index contributed by atoms with van der Waals surface area (Å²) in [6.45, 7) is 0. The Morgan fingerprint density at radius 2 is 0.525 bits per heavy atom. The molecule has 8 bridgehead atoms. The average molecular weight is 1670 g/mol. The van der Waals surface area contributed by atoms with Crippen LogP contribution in [0, 0.1) is 47.3 Å². The molecule has 25 heteroatoms. The Kier molecular flexibility index (Phi) is 21.3. The Labute approximate surface area is 626 Å². The van der Waals surface area contributed by atoms with E-state index in [4.69, 9.17) is 57.8 Å². The number of ether oxygens (including phenoxy) is 8. The second kappa shape index (κ2) is 29.6. The van der Waals surface area contributed by atoms with E-state index in [0.717, 1.165) is 17.9 Å². The number of halogens is 4. The fourth-order valence-corrected chi connectivity index (χ4v) is 16.7. The molecule has 8 unspecified atom stereocenters. The van der Waals surface area contributed by atoms with E-state index in [9.17, 15) is 38.4 Å². The summed E-state index contributed by atoms with van der Waals surface area (Å²) in [5.74, 6) is -14.4. The summed E-state index contributed by atoms with van der Waals surface area (Å²) in [5, 5.41) is 0.657. The van der Waals surface area contributed by atoms with E-state index in [0.29, 0.717) is 134 Å². The Bertz CT molecular complexity index is 4550. The number of esters is 8. The molecule has 0 amide bonds. The maximum absolute atomic E-state index is 14.5. The van der Waals surface area contributed by atoms with E-state index in [1.165, 1.54) is 56.9 Å². The molecule has 5 aliphatic carbocycles. The van der Waals surface area contributed by atoms with Gasteiger partial charge in [0.05, 0.1) is 127 Å². The molecule has 0 spiro atoms. The molecule has 0 fully saturated rings. The minimum Gasteiger partial charge on any atom is -0.656 e. The monoisotopic (exact) mass is 1670 g/mol. The maximum atomic E-state index is 14.5. The van der Waals surface area contributed by atoms with Crippen LogP contribution in [0.15, 0.2) is 159 Å². The molecule has 4 heterocycles. The van der Waals surface area contributed by atoms with Gasteiger partial charge in [0.1, 0.15) is 0 Å². The van der Waals surface area contributed by atoms with Crippen molar-refractivity contribution in [2.45, 2.75) is 51.4 Å². The molecule has 8 atom stereocenters. The van der Waals surface area contributed by atoms with Crippen LogP contribution >= 0.6 is 63.7 Å². The van der Waals surface area contributed by atoms with Crippen LogP contribution in [0.4, 0.5) is 0 Å². The van der Waals surface area contributed by atoms with Crippen LogP contribution in [0.1, 0.15) is 81.6 Å². The summed E-state index contributed by atoms with van der Waals surface area (Å²) >= 11 is 14.7. The number of hydrogen-bond donors (Lipinski definition) is 0. The van der Waals surface area contributed by atoms with Crippen molar-refractivity contribution in [3.63, 3.8) is 0 Å². The predicted octanol–water partition coefficient (Wildman–Crippen LogP) is 9.88. The van der Waals surface area contributed by atoms with E-state index in [-0.39, 0.29) is 70.8 Å². The Morgan fingerprint density at radius 1 is 0.307 bits per heavy atom. The molecule has 0 saturated heterocycles. The van der Waals surface area contributed by atoms with Crippen molar-refractivity contribution in [1.29, 1.82) is 0 Å². The van der Waals surface area contributed by atoms with Gasteiger partial charge in [0.25, 0.3) is 0 Å². The van der Waals surface area contributed by atoms with E-state index in [2.05, 4.69) is 63.7 Å². The third-order valence-corrected chi connectivity index (χ3v) is 22.5. The third kappa shape index (κ3) is 12.9. The number of carbonyl (C=O) groups excluding carboxylic acids is 8. The first-order valence-electron chi connectivity index (χ1n) is 32.1. The molecule has 101 heavy (non-hydrogen) atoms. The number of aliphatic imine (C=N–C) groups is 2. The number of nitrogens with zero attached hydrogens (tertiary/aromatic N) is 4. The number of carbonyl (C=O) groups is 8. The van der Waals surface area contributed by atoms with Crippen molar-refractivity contribution >= 4 is 145 Å². The quantitative estimate of drug-likeness (QED) is 0.0626. The van der Waals surface area contributed by atoms with Gasteiger partial charge in [0, 0.05) is 17.9 Å². The minimum atomic E-state index is -1.12.